The number of nitrogens with one attached hydrogen (secondary N) is 1. The number of aryl methyl sites for hydroxylation is 1. The molecule has 0 spiro atoms. The molecule has 0 radical (unpaired) electrons. The zero-order valence-corrected chi connectivity index (χ0v) is 18.5. The van der Waals surface area contributed by atoms with Crippen LogP contribution in [0.2, 0.25) is 0 Å². The number of hydrogen-bond acceptors (Lipinski definition) is 5. The molecule has 1 saturated heterocycles. The number of aromatic nitrogens is 2. The van der Waals surface area contributed by atoms with Crippen LogP contribution >= 0.6 is 0 Å². The molecule has 3 heterocycles. The van der Waals surface area contributed by atoms with Gasteiger partial charge in [-0.3, -0.25) is 19.2 Å². The van der Waals surface area contributed by atoms with Crippen molar-refractivity contribution in [3.05, 3.63) is 78.6 Å². The Bertz CT molecular complexity index is 1470. The van der Waals surface area contributed by atoms with Crippen LogP contribution in [0.25, 0.3) is 16.9 Å². The summed E-state index contributed by atoms with van der Waals surface area (Å²) in [6.07, 6.45) is 4.21. The van der Waals surface area contributed by atoms with Crippen molar-refractivity contribution in [3.63, 3.8) is 0 Å². The minimum atomic E-state index is -3.84. The lowest BCUT2D eigenvalue weighted by Crippen LogP contribution is -2.28. The summed E-state index contributed by atoms with van der Waals surface area (Å²) in [5.41, 5.74) is 4.38. The molecule has 2 aromatic heterocycles. The minimum absolute atomic E-state index is 0.0326. The quantitative estimate of drug-likeness (QED) is 0.457. The molecule has 8 nitrogen and oxygen atoms in total. The second kappa shape index (κ2) is 7.86. The number of sulfonamides is 1. The molecule has 1 N–H and O–H groups in total. The van der Waals surface area contributed by atoms with Crippen LogP contribution in [-0.2, 0) is 19.6 Å². The summed E-state index contributed by atoms with van der Waals surface area (Å²) in [5.74, 6) is -0.566. The van der Waals surface area contributed by atoms with Gasteiger partial charge in [0, 0.05) is 36.5 Å². The van der Waals surface area contributed by atoms with Crippen LogP contribution in [0.5, 0.6) is 0 Å². The molecule has 1 aliphatic heterocycles. The van der Waals surface area contributed by atoms with E-state index in [0.717, 1.165) is 27.4 Å². The van der Waals surface area contributed by atoms with Crippen molar-refractivity contribution in [1.29, 1.82) is 0 Å². The van der Waals surface area contributed by atoms with Gasteiger partial charge in [-0.2, -0.15) is 0 Å². The Balaban J connectivity index is 1.34. The van der Waals surface area contributed by atoms with E-state index in [1.54, 1.807) is 12.1 Å². The molecule has 2 aromatic carbocycles. The largest absolute Gasteiger partial charge is 0.306 e. The molecule has 1 fully saturated rings. The van der Waals surface area contributed by atoms with Crippen LogP contribution in [0.4, 0.5) is 11.4 Å². The maximum atomic E-state index is 12.8. The summed E-state index contributed by atoms with van der Waals surface area (Å²) in [6.45, 7) is 2.00. The summed E-state index contributed by atoms with van der Waals surface area (Å²) >= 11 is 0. The van der Waals surface area contributed by atoms with Crippen molar-refractivity contribution in [3.8, 4) is 11.3 Å². The van der Waals surface area contributed by atoms with Gasteiger partial charge in [-0.05, 0) is 55.0 Å². The highest BCUT2D eigenvalue weighted by molar-refractivity contribution is 7.92. The highest BCUT2D eigenvalue weighted by Crippen LogP contribution is 2.26. The fourth-order valence-electron chi connectivity index (χ4n) is 3.85. The third-order valence-corrected chi connectivity index (χ3v) is 6.96. The molecular weight excluding hydrogens is 440 g/mol. The minimum Gasteiger partial charge on any atom is -0.306 e. The van der Waals surface area contributed by atoms with Crippen molar-refractivity contribution >= 4 is 38.9 Å². The standard InChI is InChI=1S/C24H20N4O4S/c1-16-3-2-14-27-15-21(25-24(16)27)17-4-6-18(7-5-17)26-33(31,32)20-10-8-19(9-11-20)28-22(29)12-13-23(28)30/h2-11,14-15,26H,12-13H2,1H3. The van der Waals surface area contributed by atoms with Crippen LogP contribution in [0.1, 0.15) is 18.4 Å². The second-order valence-electron chi connectivity index (χ2n) is 7.85. The van der Waals surface area contributed by atoms with E-state index in [1.165, 1.54) is 24.3 Å². The molecule has 2 amide bonds. The third kappa shape index (κ3) is 3.87. The predicted octanol–water partition coefficient (Wildman–Crippen LogP) is 3.76. The maximum Gasteiger partial charge on any atom is 0.261 e. The van der Waals surface area contributed by atoms with Gasteiger partial charge in [-0.15, -0.1) is 0 Å². The molecule has 0 saturated carbocycles. The summed E-state index contributed by atoms with van der Waals surface area (Å²) in [5, 5.41) is 0. The average Bonchev–Trinajstić information content (AvgIpc) is 3.38. The number of pyridine rings is 1. The van der Waals surface area contributed by atoms with E-state index in [0.29, 0.717) is 11.4 Å². The Labute approximate surface area is 190 Å². The zero-order chi connectivity index (χ0) is 23.2. The van der Waals surface area contributed by atoms with E-state index in [1.807, 2.05) is 48.0 Å². The number of benzene rings is 2. The number of nitrogens with zero attached hydrogens (tertiary/aromatic N) is 3. The smallest absolute Gasteiger partial charge is 0.261 e. The van der Waals surface area contributed by atoms with Crippen molar-refractivity contribution in [2.24, 2.45) is 0 Å². The third-order valence-electron chi connectivity index (χ3n) is 5.57. The summed E-state index contributed by atoms with van der Waals surface area (Å²) in [4.78, 5) is 29.5. The SMILES string of the molecule is Cc1cccn2cc(-c3ccc(NS(=O)(=O)c4ccc(N5C(=O)CCC5=O)cc4)cc3)nc12. The van der Waals surface area contributed by atoms with Gasteiger partial charge >= 0.3 is 0 Å². The molecule has 166 valence electrons. The van der Waals surface area contributed by atoms with Crippen LogP contribution < -0.4 is 9.62 Å². The number of imide groups is 1. The van der Waals surface area contributed by atoms with Crippen LogP contribution in [0, 0.1) is 6.92 Å². The second-order valence-corrected chi connectivity index (χ2v) is 9.53. The number of fused-ring (bicyclic) bond motifs is 1. The summed E-state index contributed by atoms with van der Waals surface area (Å²) in [7, 11) is -3.84. The Kier molecular flexibility index (Phi) is 4.98. The Morgan fingerprint density at radius 2 is 1.58 bits per heavy atom. The van der Waals surface area contributed by atoms with E-state index in [4.69, 9.17) is 0 Å². The summed E-state index contributed by atoms with van der Waals surface area (Å²) < 4.78 is 30.1. The first kappa shape index (κ1) is 20.9. The number of carbonyl (C=O) groups is 2. The average molecular weight is 461 g/mol. The fourth-order valence-corrected chi connectivity index (χ4v) is 4.91. The van der Waals surface area contributed by atoms with Gasteiger partial charge in [0.1, 0.15) is 5.65 Å². The van der Waals surface area contributed by atoms with Crippen molar-refractivity contribution in [2.45, 2.75) is 24.7 Å². The Morgan fingerprint density at radius 3 is 2.21 bits per heavy atom. The number of rotatable bonds is 5. The molecule has 0 aliphatic carbocycles. The lowest BCUT2D eigenvalue weighted by Gasteiger charge is -2.14. The first-order valence-electron chi connectivity index (χ1n) is 10.4. The lowest BCUT2D eigenvalue weighted by molar-refractivity contribution is -0.121. The van der Waals surface area contributed by atoms with Gasteiger partial charge in [0.2, 0.25) is 11.8 Å². The number of imidazole rings is 1. The van der Waals surface area contributed by atoms with Gasteiger partial charge in [-0.1, -0.05) is 18.2 Å². The molecule has 0 unspecified atom stereocenters. The monoisotopic (exact) mass is 460 g/mol. The Hall–Kier alpha value is -3.98. The first-order chi connectivity index (χ1) is 15.8. The number of anilines is 2. The summed E-state index contributed by atoms with van der Waals surface area (Å²) in [6, 6.07) is 16.6. The van der Waals surface area contributed by atoms with Gasteiger partial charge in [0.25, 0.3) is 10.0 Å². The molecule has 9 heteroatoms. The van der Waals surface area contributed by atoms with E-state index in [-0.39, 0.29) is 29.6 Å². The van der Waals surface area contributed by atoms with Gasteiger partial charge < -0.3 is 4.40 Å². The molecule has 33 heavy (non-hydrogen) atoms. The van der Waals surface area contributed by atoms with Gasteiger partial charge in [0.15, 0.2) is 0 Å². The molecule has 0 bridgehead atoms. The predicted molar refractivity (Wildman–Crippen MR) is 124 cm³/mol. The van der Waals surface area contributed by atoms with Gasteiger partial charge in [0.05, 0.1) is 16.3 Å². The zero-order valence-electron chi connectivity index (χ0n) is 17.7. The van der Waals surface area contributed by atoms with Crippen LogP contribution in [0.15, 0.2) is 78.0 Å². The number of carbonyl (C=O) groups excluding carboxylic acids is 2. The van der Waals surface area contributed by atoms with Crippen molar-refractivity contribution in [1.82, 2.24) is 9.38 Å². The van der Waals surface area contributed by atoms with Crippen LogP contribution in [-0.4, -0.2) is 29.6 Å². The van der Waals surface area contributed by atoms with E-state index < -0.39 is 10.0 Å². The van der Waals surface area contributed by atoms with Gasteiger partial charge in [-0.25, -0.2) is 13.4 Å². The molecule has 5 rings (SSSR count). The van der Waals surface area contributed by atoms with E-state index in [2.05, 4.69) is 9.71 Å². The number of amides is 2. The van der Waals surface area contributed by atoms with E-state index in [9.17, 15) is 18.0 Å². The molecular formula is C24H20N4O4S. The molecule has 1 aliphatic rings. The number of hydrogen-bond donors (Lipinski definition) is 1. The lowest BCUT2D eigenvalue weighted by atomic mass is 10.1. The topological polar surface area (TPSA) is 101 Å². The van der Waals surface area contributed by atoms with Crippen molar-refractivity contribution < 1.29 is 18.0 Å². The first-order valence-corrected chi connectivity index (χ1v) is 11.8. The maximum absolute atomic E-state index is 12.8. The normalized spacial score (nSPS) is 14.3. The highest BCUT2D eigenvalue weighted by Gasteiger charge is 2.30. The van der Waals surface area contributed by atoms with E-state index >= 15 is 0 Å². The highest BCUT2D eigenvalue weighted by atomic mass is 32.2. The Morgan fingerprint density at radius 1 is 0.909 bits per heavy atom. The van der Waals surface area contributed by atoms with Crippen molar-refractivity contribution in [2.75, 3.05) is 9.62 Å². The fraction of sp³-hybridized carbons (Fsp3) is 0.125. The molecule has 0 atom stereocenters. The molecule has 4 aromatic rings. The van der Waals surface area contributed by atoms with Crippen LogP contribution in [0.3, 0.4) is 0 Å².